The van der Waals surface area contributed by atoms with Gasteiger partial charge in [0.25, 0.3) is 0 Å². The van der Waals surface area contributed by atoms with Gasteiger partial charge in [0.1, 0.15) is 0 Å². The Kier molecular flexibility index (Phi) is 3.85. The van der Waals surface area contributed by atoms with Crippen molar-refractivity contribution in [2.45, 2.75) is 13.0 Å². The molecule has 4 aromatic rings. The van der Waals surface area contributed by atoms with E-state index >= 15 is 0 Å². The van der Waals surface area contributed by atoms with E-state index in [2.05, 4.69) is 9.97 Å². The third-order valence-electron chi connectivity index (χ3n) is 4.25. The van der Waals surface area contributed by atoms with Gasteiger partial charge in [-0.25, -0.2) is 9.59 Å². The molecule has 0 unspecified atom stereocenters. The standard InChI is InChI=1S/C19H17N3O3/c23-18(14-12-20-15-7-2-1-6-13(14)15)25-11-5-10-22-17-9-4-3-8-16(17)21-19(22)24/h1-4,6-9,12,20H,5,10-11H2,(H,21,24). The van der Waals surface area contributed by atoms with Gasteiger partial charge in [-0.05, 0) is 24.6 Å². The molecule has 0 saturated heterocycles. The van der Waals surface area contributed by atoms with Crippen molar-refractivity contribution in [3.05, 3.63) is 70.8 Å². The van der Waals surface area contributed by atoms with Crippen LogP contribution in [0, 0.1) is 0 Å². The maximum absolute atomic E-state index is 12.2. The molecule has 0 amide bonds. The van der Waals surface area contributed by atoms with E-state index < -0.39 is 0 Å². The van der Waals surface area contributed by atoms with E-state index in [1.54, 1.807) is 10.8 Å². The highest BCUT2D eigenvalue weighted by Crippen LogP contribution is 2.18. The summed E-state index contributed by atoms with van der Waals surface area (Å²) in [4.78, 5) is 30.1. The summed E-state index contributed by atoms with van der Waals surface area (Å²) in [5.41, 5.74) is 2.95. The van der Waals surface area contributed by atoms with E-state index in [9.17, 15) is 9.59 Å². The van der Waals surface area contributed by atoms with Crippen molar-refractivity contribution >= 4 is 27.9 Å². The summed E-state index contributed by atoms with van der Waals surface area (Å²) in [6.07, 6.45) is 2.23. The molecule has 6 heteroatoms. The highest BCUT2D eigenvalue weighted by atomic mass is 16.5. The molecular weight excluding hydrogens is 318 g/mol. The Morgan fingerprint density at radius 3 is 2.68 bits per heavy atom. The number of nitrogens with zero attached hydrogens (tertiary/aromatic N) is 1. The zero-order valence-electron chi connectivity index (χ0n) is 13.5. The molecule has 0 saturated carbocycles. The maximum atomic E-state index is 12.2. The largest absolute Gasteiger partial charge is 0.462 e. The van der Waals surface area contributed by atoms with Crippen LogP contribution in [0.4, 0.5) is 0 Å². The van der Waals surface area contributed by atoms with Crippen LogP contribution in [-0.4, -0.2) is 27.1 Å². The average molecular weight is 335 g/mol. The van der Waals surface area contributed by atoms with Crippen LogP contribution in [0.3, 0.4) is 0 Å². The second-order valence-corrected chi connectivity index (χ2v) is 5.84. The Labute approximate surface area is 143 Å². The molecule has 4 rings (SSSR count). The molecule has 25 heavy (non-hydrogen) atoms. The summed E-state index contributed by atoms with van der Waals surface area (Å²) >= 11 is 0. The van der Waals surface area contributed by atoms with Crippen molar-refractivity contribution in [1.29, 1.82) is 0 Å². The lowest BCUT2D eigenvalue weighted by atomic mass is 10.2. The Hall–Kier alpha value is -3.28. The zero-order valence-corrected chi connectivity index (χ0v) is 13.5. The molecular formula is C19H17N3O3. The normalized spacial score (nSPS) is 11.2. The fraction of sp³-hybridized carbons (Fsp3) is 0.158. The number of H-pyrrole nitrogens is 2. The topological polar surface area (TPSA) is 79.9 Å². The summed E-state index contributed by atoms with van der Waals surface area (Å²) < 4.78 is 7.02. The van der Waals surface area contributed by atoms with Gasteiger partial charge in [0.2, 0.25) is 0 Å². The fourth-order valence-electron chi connectivity index (χ4n) is 3.03. The van der Waals surface area contributed by atoms with E-state index in [0.29, 0.717) is 18.5 Å². The van der Waals surface area contributed by atoms with E-state index in [0.717, 1.165) is 21.9 Å². The quantitative estimate of drug-likeness (QED) is 0.434. The van der Waals surface area contributed by atoms with Gasteiger partial charge in [-0.2, -0.15) is 0 Å². The number of ether oxygens (including phenoxy) is 1. The van der Waals surface area contributed by atoms with Crippen LogP contribution in [0.2, 0.25) is 0 Å². The summed E-state index contributed by atoms with van der Waals surface area (Å²) in [6.45, 7) is 0.744. The molecule has 126 valence electrons. The molecule has 0 spiro atoms. The number of fused-ring (bicyclic) bond motifs is 2. The van der Waals surface area contributed by atoms with E-state index in [-0.39, 0.29) is 18.3 Å². The number of nitrogens with one attached hydrogen (secondary N) is 2. The molecule has 2 aromatic heterocycles. The van der Waals surface area contributed by atoms with Crippen LogP contribution in [-0.2, 0) is 11.3 Å². The van der Waals surface area contributed by atoms with Gasteiger partial charge in [-0.1, -0.05) is 30.3 Å². The number of imidazole rings is 1. The van der Waals surface area contributed by atoms with Crippen molar-refractivity contribution in [3.8, 4) is 0 Å². The Balaban J connectivity index is 1.40. The number of aromatic amines is 2. The molecule has 0 atom stereocenters. The lowest BCUT2D eigenvalue weighted by Crippen LogP contribution is -2.18. The number of carbonyl (C=O) groups excluding carboxylic acids is 1. The van der Waals surface area contributed by atoms with Gasteiger partial charge in [0.05, 0.1) is 23.2 Å². The predicted molar refractivity (Wildman–Crippen MR) is 95.8 cm³/mol. The maximum Gasteiger partial charge on any atom is 0.340 e. The molecule has 2 heterocycles. The molecule has 2 N–H and O–H groups in total. The van der Waals surface area contributed by atoms with Crippen molar-refractivity contribution in [1.82, 2.24) is 14.5 Å². The van der Waals surface area contributed by atoms with Crippen molar-refractivity contribution in [2.75, 3.05) is 6.61 Å². The highest BCUT2D eigenvalue weighted by Gasteiger charge is 2.13. The smallest absolute Gasteiger partial charge is 0.340 e. The average Bonchev–Trinajstić information content (AvgIpc) is 3.19. The lowest BCUT2D eigenvalue weighted by Gasteiger charge is -2.05. The number of para-hydroxylation sites is 3. The number of hydrogen-bond acceptors (Lipinski definition) is 3. The number of hydrogen-bond donors (Lipinski definition) is 2. The monoisotopic (exact) mass is 335 g/mol. The van der Waals surface area contributed by atoms with Gasteiger partial charge in [0.15, 0.2) is 0 Å². The van der Waals surface area contributed by atoms with Crippen molar-refractivity contribution < 1.29 is 9.53 Å². The van der Waals surface area contributed by atoms with Crippen LogP contribution in [0.25, 0.3) is 21.9 Å². The third kappa shape index (κ3) is 2.82. The number of rotatable bonds is 5. The van der Waals surface area contributed by atoms with Crippen LogP contribution >= 0.6 is 0 Å². The fourth-order valence-corrected chi connectivity index (χ4v) is 3.03. The number of benzene rings is 2. The second-order valence-electron chi connectivity index (χ2n) is 5.84. The van der Waals surface area contributed by atoms with Gasteiger partial charge in [-0.15, -0.1) is 0 Å². The van der Waals surface area contributed by atoms with Crippen LogP contribution in [0.15, 0.2) is 59.5 Å². The highest BCUT2D eigenvalue weighted by molar-refractivity contribution is 6.03. The van der Waals surface area contributed by atoms with Crippen LogP contribution in [0.5, 0.6) is 0 Å². The number of aryl methyl sites for hydroxylation is 1. The molecule has 0 aliphatic carbocycles. The SMILES string of the molecule is O=C(OCCCn1c(=O)[nH]c2ccccc21)c1c[nH]c2ccccc12. The molecule has 6 nitrogen and oxygen atoms in total. The molecule has 0 radical (unpaired) electrons. The Bertz CT molecular complexity index is 1100. The molecule has 0 aliphatic heterocycles. The first kappa shape index (κ1) is 15.3. The zero-order chi connectivity index (χ0) is 17.2. The first-order valence-corrected chi connectivity index (χ1v) is 8.15. The lowest BCUT2D eigenvalue weighted by molar-refractivity contribution is 0.0498. The summed E-state index contributed by atoms with van der Waals surface area (Å²) in [5, 5.41) is 0.848. The first-order valence-electron chi connectivity index (χ1n) is 8.15. The van der Waals surface area contributed by atoms with Crippen molar-refractivity contribution in [2.24, 2.45) is 0 Å². The summed E-state index contributed by atoms with van der Waals surface area (Å²) in [7, 11) is 0. The number of esters is 1. The van der Waals surface area contributed by atoms with E-state index in [1.165, 1.54) is 0 Å². The van der Waals surface area contributed by atoms with Gasteiger partial charge in [-0.3, -0.25) is 4.57 Å². The summed E-state index contributed by atoms with van der Waals surface area (Å²) in [5.74, 6) is -0.358. The van der Waals surface area contributed by atoms with Crippen LogP contribution < -0.4 is 5.69 Å². The first-order chi connectivity index (χ1) is 12.2. The number of carbonyl (C=O) groups is 1. The Morgan fingerprint density at radius 1 is 1.04 bits per heavy atom. The van der Waals surface area contributed by atoms with Gasteiger partial charge >= 0.3 is 11.7 Å². The minimum Gasteiger partial charge on any atom is -0.462 e. The number of aromatic nitrogens is 3. The molecule has 0 fully saturated rings. The minimum absolute atomic E-state index is 0.149. The van der Waals surface area contributed by atoms with Gasteiger partial charge < -0.3 is 14.7 Å². The minimum atomic E-state index is -0.358. The van der Waals surface area contributed by atoms with Crippen LogP contribution in [0.1, 0.15) is 16.8 Å². The third-order valence-corrected chi connectivity index (χ3v) is 4.25. The summed E-state index contributed by atoms with van der Waals surface area (Å²) in [6, 6.07) is 15.1. The Morgan fingerprint density at radius 2 is 1.80 bits per heavy atom. The molecule has 2 aromatic carbocycles. The predicted octanol–water partition coefficient (Wildman–Crippen LogP) is 3.06. The molecule has 0 aliphatic rings. The van der Waals surface area contributed by atoms with Crippen molar-refractivity contribution in [3.63, 3.8) is 0 Å². The molecule has 0 bridgehead atoms. The van der Waals surface area contributed by atoms with E-state index in [4.69, 9.17) is 4.74 Å². The van der Waals surface area contributed by atoms with Gasteiger partial charge in [0, 0.05) is 23.6 Å². The van der Waals surface area contributed by atoms with E-state index in [1.807, 2.05) is 48.5 Å². The second kappa shape index (κ2) is 6.32.